The van der Waals surface area contributed by atoms with E-state index in [-0.39, 0.29) is 5.54 Å². The molecule has 1 heterocycles. The second kappa shape index (κ2) is 5.55. The van der Waals surface area contributed by atoms with Gasteiger partial charge in [-0.2, -0.15) is 4.98 Å². The number of nitrogens with one attached hydrogen (secondary N) is 1. The van der Waals surface area contributed by atoms with E-state index in [2.05, 4.69) is 29.1 Å². The molecule has 100 valence electrons. The molecule has 1 aromatic rings. The van der Waals surface area contributed by atoms with Crippen molar-refractivity contribution in [3.05, 3.63) is 11.8 Å². The first-order valence-electron chi connectivity index (χ1n) is 6.94. The summed E-state index contributed by atoms with van der Waals surface area (Å²) in [5.74, 6) is 1.39. The van der Waals surface area contributed by atoms with Crippen LogP contribution in [0.2, 0.25) is 0 Å². The van der Waals surface area contributed by atoms with Crippen LogP contribution in [0.3, 0.4) is 0 Å². The molecule has 1 fully saturated rings. The second-order valence-corrected chi connectivity index (χ2v) is 5.13. The molecule has 4 heteroatoms. The Morgan fingerprint density at radius 2 is 2.11 bits per heavy atom. The zero-order chi connectivity index (χ0) is 13.0. The Morgan fingerprint density at radius 1 is 1.33 bits per heavy atom. The minimum atomic E-state index is 0.218. The average molecular weight is 249 g/mol. The first kappa shape index (κ1) is 13.1. The average Bonchev–Trinajstić information content (AvgIpc) is 2.30. The minimum Gasteiger partial charge on any atom is -0.478 e. The molecule has 0 unspecified atom stereocenters. The van der Waals surface area contributed by atoms with E-state index in [0.717, 1.165) is 18.5 Å². The highest BCUT2D eigenvalue weighted by atomic mass is 16.5. The number of hydrogen-bond acceptors (Lipinski definition) is 4. The SMILES string of the molecule is CCCOc1cc(C)nc(NC2(CC)CCC2)n1. The van der Waals surface area contributed by atoms with E-state index in [1.807, 2.05) is 13.0 Å². The fraction of sp³-hybridized carbons (Fsp3) is 0.714. The van der Waals surface area contributed by atoms with Gasteiger partial charge in [0.25, 0.3) is 0 Å². The molecular formula is C14H23N3O. The van der Waals surface area contributed by atoms with Crippen molar-refractivity contribution in [2.24, 2.45) is 0 Å². The van der Waals surface area contributed by atoms with Crippen molar-refractivity contribution in [2.75, 3.05) is 11.9 Å². The Bertz CT molecular complexity index is 397. The van der Waals surface area contributed by atoms with Gasteiger partial charge < -0.3 is 10.1 Å². The molecule has 4 nitrogen and oxygen atoms in total. The summed E-state index contributed by atoms with van der Waals surface area (Å²) in [5.41, 5.74) is 1.17. The fourth-order valence-electron chi connectivity index (χ4n) is 2.28. The summed E-state index contributed by atoms with van der Waals surface area (Å²) in [7, 11) is 0. The first-order valence-corrected chi connectivity index (χ1v) is 6.94. The highest BCUT2D eigenvalue weighted by Gasteiger charge is 2.35. The molecule has 0 aromatic carbocycles. The van der Waals surface area contributed by atoms with Crippen molar-refractivity contribution in [3.63, 3.8) is 0 Å². The molecule has 0 saturated heterocycles. The van der Waals surface area contributed by atoms with Crippen LogP contribution < -0.4 is 10.1 Å². The fourth-order valence-corrected chi connectivity index (χ4v) is 2.28. The van der Waals surface area contributed by atoms with Crippen LogP contribution in [0, 0.1) is 6.92 Å². The number of aryl methyl sites for hydroxylation is 1. The molecule has 0 bridgehead atoms. The summed E-state index contributed by atoms with van der Waals surface area (Å²) in [5, 5.41) is 3.50. The Labute approximate surface area is 109 Å². The molecule has 0 aliphatic heterocycles. The van der Waals surface area contributed by atoms with Crippen LogP contribution in [0.5, 0.6) is 5.88 Å². The number of aromatic nitrogens is 2. The van der Waals surface area contributed by atoms with Crippen molar-refractivity contribution in [1.82, 2.24) is 9.97 Å². The van der Waals surface area contributed by atoms with E-state index in [9.17, 15) is 0 Å². The molecule has 1 aromatic heterocycles. The van der Waals surface area contributed by atoms with Crippen LogP contribution in [-0.2, 0) is 0 Å². The number of anilines is 1. The smallest absolute Gasteiger partial charge is 0.226 e. The van der Waals surface area contributed by atoms with Gasteiger partial charge in [-0.3, -0.25) is 0 Å². The summed E-state index contributed by atoms with van der Waals surface area (Å²) >= 11 is 0. The largest absolute Gasteiger partial charge is 0.478 e. The predicted molar refractivity (Wildman–Crippen MR) is 73.1 cm³/mol. The second-order valence-electron chi connectivity index (χ2n) is 5.13. The first-order chi connectivity index (χ1) is 8.67. The van der Waals surface area contributed by atoms with Crippen molar-refractivity contribution in [2.45, 2.75) is 58.4 Å². The summed E-state index contributed by atoms with van der Waals surface area (Å²) in [6.45, 7) is 6.99. The molecule has 1 aliphatic rings. The quantitative estimate of drug-likeness (QED) is 0.840. The van der Waals surface area contributed by atoms with Crippen LogP contribution in [0.1, 0.15) is 51.6 Å². The van der Waals surface area contributed by atoms with Gasteiger partial charge >= 0.3 is 0 Å². The third-order valence-corrected chi connectivity index (χ3v) is 3.65. The third-order valence-electron chi connectivity index (χ3n) is 3.65. The van der Waals surface area contributed by atoms with E-state index < -0.39 is 0 Å². The van der Waals surface area contributed by atoms with Crippen molar-refractivity contribution in [1.29, 1.82) is 0 Å². The normalized spacial score (nSPS) is 17.1. The van der Waals surface area contributed by atoms with E-state index in [1.54, 1.807) is 0 Å². The van der Waals surface area contributed by atoms with E-state index in [4.69, 9.17) is 4.74 Å². The van der Waals surface area contributed by atoms with Crippen molar-refractivity contribution >= 4 is 5.95 Å². The van der Waals surface area contributed by atoms with Gasteiger partial charge in [-0.05, 0) is 39.0 Å². The zero-order valence-corrected chi connectivity index (χ0v) is 11.6. The van der Waals surface area contributed by atoms with Gasteiger partial charge in [0.2, 0.25) is 11.8 Å². The number of ether oxygens (including phenoxy) is 1. The summed E-state index contributed by atoms with van der Waals surface area (Å²) in [6.07, 6.45) is 5.84. The molecule has 18 heavy (non-hydrogen) atoms. The lowest BCUT2D eigenvalue weighted by Crippen LogP contribution is -2.44. The molecule has 2 rings (SSSR count). The Kier molecular flexibility index (Phi) is 4.04. The molecule has 1 saturated carbocycles. The highest BCUT2D eigenvalue weighted by molar-refractivity contribution is 5.35. The predicted octanol–water partition coefficient (Wildman–Crippen LogP) is 3.32. The Balaban J connectivity index is 2.09. The monoisotopic (exact) mass is 249 g/mol. The summed E-state index contributed by atoms with van der Waals surface area (Å²) in [6, 6.07) is 1.89. The van der Waals surface area contributed by atoms with Crippen LogP contribution >= 0.6 is 0 Å². The molecule has 0 spiro atoms. The maximum Gasteiger partial charge on any atom is 0.226 e. The molecule has 1 aliphatic carbocycles. The van der Waals surface area contributed by atoms with Crippen LogP contribution in [0.25, 0.3) is 0 Å². The van der Waals surface area contributed by atoms with Gasteiger partial charge in [0, 0.05) is 17.3 Å². The lowest BCUT2D eigenvalue weighted by Gasteiger charge is -2.42. The summed E-state index contributed by atoms with van der Waals surface area (Å²) in [4.78, 5) is 8.90. The van der Waals surface area contributed by atoms with Crippen LogP contribution in [0.15, 0.2) is 6.07 Å². The summed E-state index contributed by atoms with van der Waals surface area (Å²) < 4.78 is 5.59. The Morgan fingerprint density at radius 3 is 2.67 bits per heavy atom. The van der Waals surface area contributed by atoms with Gasteiger partial charge in [-0.25, -0.2) is 4.98 Å². The van der Waals surface area contributed by atoms with Crippen molar-refractivity contribution in [3.8, 4) is 5.88 Å². The number of nitrogens with zero attached hydrogens (tertiary/aromatic N) is 2. The molecule has 0 radical (unpaired) electrons. The van der Waals surface area contributed by atoms with Gasteiger partial charge in [0.15, 0.2) is 0 Å². The lowest BCUT2D eigenvalue weighted by atomic mass is 9.75. The van der Waals surface area contributed by atoms with Gasteiger partial charge in [0.05, 0.1) is 6.61 Å². The Hall–Kier alpha value is -1.32. The van der Waals surface area contributed by atoms with E-state index in [1.165, 1.54) is 19.3 Å². The zero-order valence-electron chi connectivity index (χ0n) is 11.6. The maximum absolute atomic E-state index is 5.59. The van der Waals surface area contributed by atoms with Gasteiger partial charge in [-0.1, -0.05) is 13.8 Å². The third kappa shape index (κ3) is 2.92. The topological polar surface area (TPSA) is 47.0 Å². The molecule has 0 atom stereocenters. The van der Waals surface area contributed by atoms with Gasteiger partial charge in [-0.15, -0.1) is 0 Å². The molecular weight excluding hydrogens is 226 g/mol. The highest BCUT2D eigenvalue weighted by Crippen LogP contribution is 2.37. The minimum absolute atomic E-state index is 0.218. The van der Waals surface area contributed by atoms with Crippen LogP contribution in [-0.4, -0.2) is 22.1 Å². The van der Waals surface area contributed by atoms with Crippen molar-refractivity contribution < 1.29 is 4.74 Å². The number of rotatable bonds is 6. The van der Waals surface area contributed by atoms with E-state index in [0.29, 0.717) is 18.4 Å². The maximum atomic E-state index is 5.59. The van der Waals surface area contributed by atoms with Crippen LogP contribution in [0.4, 0.5) is 5.95 Å². The molecule has 1 N–H and O–H groups in total. The number of hydrogen-bond donors (Lipinski definition) is 1. The van der Waals surface area contributed by atoms with E-state index >= 15 is 0 Å². The lowest BCUT2D eigenvalue weighted by molar-refractivity contribution is 0.266. The molecule has 0 amide bonds. The standard InChI is InChI=1S/C14H23N3O/c1-4-9-18-12-10-11(3)15-13(16-12)17-14(5-2)7-6-8-14/h10H,4-9H2,1-3H3,(H,15,16,17). The van der Waals surface area contributed by atoms with Gasteiger partial charge in [0.1, 0.15) is 0 Å².